The summed E-state index contributed by atoms with van der Waals surface area (Å²) in [6, 6.07) is 31.1. The molecule has 0 unspecified atom stereocenters. The van der Waals surface area contributed by atoms with E-state index in [-0.39, 0.29) is 0 Å². The van der Waals surface area contributed by atoms with Gasteiger partial charge in [-0.25, -0.2) is 0 Å². The summed E-state index contributed by atoms with van der Waals surface area (Å²) in [6.07, 6.45) is 16.9. The van der Waals surface area contributed by atoms with E-state index in [1.807, 2.05) is 6.08 Å². The van der Waals surface area contributed by atoms with Crippen molar-refractivity contribution in [1.82, 2.24) is 9.13 Å². The van der Waals surface area contributed by atoms with Crippen molar-refractivity contribution >= 4 is 55.0 Å². The highest BCUT2D eigenvalue weighted by Crippen LogP contribution is 2.38. The molecule has 0 aliphatic heterocycles. The van der Waals surface area contributed by atoms with Gasteiger partial charge in [0.25, 0.3) is 0 Å². The Labute approximate surface area is 240 Å². The molecule has 200 valence electrons. The lowest BCUT2D eigenvalue weighted by Crippen LogP contribution is -1.96. The van der Waals surface area contributed by atoms with E-state index in [1.165, 1.54) is 66.0 Å². The number of hydrogen-bond acceptors (Lipinski definition) is 1. The van der Waals surface area contributed by atoms with Gasteiger partial charge in [-0.2, -0.15) is 0 Å². The molecule has 0 fully saturated rings. The fourth-order valence-electron chi connectivity index (χ4n) is 6.29. The standard InChI is InChI=1S/C38H33N3/c1-3-29(22-23-39)40-35-14-8-6-12-31(35)33-24-27(17-20-37(33)40)28-18-21-38-34(25-28)32-13-7-9-15-36(32)41(38)30-11-5-4-10-26(2)16-19-30/h3,5-9,11-25H,4,10,39H2,1-2H3/b11-5?,23-22-,26-16+,29-3+,30-19?. The predicted octanol–water partition coefficient (Wildman–Crippen LogP) is 10.0. The number of allylic oxidation sites excluding steroid dienone is 9. The number of rotatable bonds is 4. The second kappa shape index (κ2) is 10.2. The van der Waals surface area contributed by atoms with Gasteiger partial charge in [0.1, 0.15) is 0 Å². The first-order valence-electron chi connectivity index (χ1n) is 14.3. The number of nitrogens with zero attached hydrogens (tertiary/aromatic N) is 2. The minimum atomic E-state index is 1.06. The van der Waals surface area contributed by atoms with E-state index in [4.69, 9.17) is 5.73 Å². The SMILES string of the molecule is C/C=C(\C=C/N)n1c2ccccc2c2cc(-c3ccc4c(c3)c3ccccc3n4C3=C/C=C(\C)CCC=C3)ccc21. The molecular weight excluding hydrogens is 498 g/mol. The Balaban J connectivity index is 1.44. The zero-order valence-electron chi connectivity index (χ0n) is 23.5. The fraction of sp³-hybridized carbons (Fsp3) is 0.105. The molecule has 3 nitrogen and oxygen atoms in total. The molecule has 2 aromatic heterocycles. The van der Waals surface area contributed by atoms with Crippen LogP contribution in [-0.2, 0) is 0 Å². The summed E-state index contributed by atoms with van der Waals surface area (Å²) in [5, 5.41) is 5.00. The molecule has 0 bridgehead atoms. The summed E-state index contributed by atoms with van der Waals surface area (Å²) < 4.78 is 4.70. The van der Waals surface area contributed by atoms with Crippen LogP contribution in [0.25, 0.3) is 66.1 Å². The average molecular weight is 532 g/mol. The van der Waals surface area contributed by atoms with Crippen molar-refractivity contribution in [1.29, 1.82) is 0 Å². The Kier molecular flexibility index (Phi) is 6.20. The maximum absolute atomic E-state index is 5.81. The molecule has 41 heavy (non-hydrogen) atoms. The van der Waals surface area contributed by atoms with Crippen molar-refractivity contribution in [3.8, 4) is 11.1 Å². The van der Waals surface area contributed by atoms with Crippen LogP contribution in [-0.4, -0.2) is 9.13 Å². The highest BCUT2D eigenvalue weighted by molar-refractivity contribution is 6.13. The monoisotopic (exact) mass is 531 g/mol. The quantitative estimate of drug-likeness (QED) is 0.226. The van der Waals surface area contributed by atoms with E-state index < -0.39 is 0 Å². The zero-order chi connectivity index (χ0) is 27.9. The van der Waals surface area contributed by atoms with Gasteiger partial charge in [-0.1, -0.05) is 72.3 Å². The lowest BCUT2D eigenvalue weighted by atomic mass is 10.0. The Morgan fingerprint density at radius 3 is 2.07 bits per heavy atom. The first-order chi connectivity index (χ1) is 20.2. The summed E-state index contributed by atoms with van der Waals surface area (Å²) in [7, 11) is 0. The summed E-state index contributed by atoms with van der Waals surface area (Å²) >= 11 is 0. The molecule has 0 saturated carbocycles. The molecule has 0 amide bonds. The van der Waals surface area contributed by atoms with Gasteiger partial charge in [0.05, 0.1) is 22.1 Å². The lowest BCUT2D eigenvalue weighted by molar-refractivity contribution is 0.973. The summed E-state index contributed by atoms with van der Waals surface area (Å²) in [4.78, 5) is 0. The lowest BCUT2D eigenvalue weighted by Gasteiger charge is -2.11. The van der Waals surface area contributed by atoms with Crippen molar-refractivity contribution in [2.24, 2.45) is 5.73 Å². The number of nitrogens with two attached hydrogens (primary N) is 1. The number of benzene rings is 4. The van der Waals surface area contributed by atoms with E-state index in [9.17, 15) is 0 Å². The Bertz CT molecular complexity index is 2120. The van der Waals surface area contributed by atoms with Crippen LogP contribution in [0.4, 0.5) is 0 Å². The van der Waals surface area contributed by atoms with Crippen molar-refractivity contribution in [3.05, 3.63) is 133 Å². The van der Waals surface area contributed by atoms with Crippen molar-refractivity contribution in [3.63, 3.8) is 0 Å². The van der Waals surface area contributed by atoms with Gasteiger partial charge >= 0.3 is 0 Å². The first-order valence-corrected chi connectivity index (χ1v) is 14.3. The van der Waals surface area contributed by atoms with Crippen molar-refractivity contribution in [2.45, 2.75) is 26.7 Å². The van der Waals surface area contributed by atoms with E-state index in [2.05, 4.69) is 138 Å². The highest BCUT2D eigenvalue weighted by atomic mass is 15.0. The van der Waals surface area contributed by atoms with Gasteiger partial charge in [0.2, 0.25) is 0 Å². The van der Waals surface area contributed by atoms with Crippen LogP contribution in [0.3, 0.4) is 0 Å². The van der Waals surface area contributed by atoms with Crippen LogP contribution < -0.4 is 5.73 Å². The van der Waals surface area contributed by atoms with Crippen LogP contribution in [0.1, 0.15) is 26.7 Å². The molecule has 1 aliphatic carbocycles. The van der Waals surface area contributed by atoms with Gasteiger partial charge in [-0.3, -0.25) is 0 Å². The van der Waals surface area contributed by atoms with E-state index >= 15 is 0 Å². The van der Waals surface area contributed by atoms with E-state index in [0.29, 0.717) is 0 Å². The Morgan fingerprint density at radius 2 is 1.34 bits per heavy atom. The molecular formula is C38H33N3. The average Bonchev–Trinajstić information content (AvgIpc) is 3.50. The van der Waals surface area contributed by atoms with Gasteiger partial charge in [-0.05, 0) is 98.6 Å². The molecule has 0 radical (unpaired) electrons. The minimum Gasteiger partial charge on any atom is -0.405 e. The second-order valence-corrected chi connectivity index (χ2v) is 10.8. The van der Waals surface area contributed by atoms with Crippen molar-refractivity contribution < 1.29 is 0 Å². The maximum atomic E-state index is 5.81. The molecule has 0 saturated heterocycles. The maximum Gasteiger partial charge on any atom is 0.0541 e. The van der Waals surface area contributed by atoms with Crippen LogP contribution in [0.5, 0.6) is 0 Å². The molecule has 7 rings (SSSR count). The Hall–Kier alpha value is -5.02. The van der Waals surface area contributed by atoms with Gasteiger partial charge in [0, 0.05) is 32.9 Å². The zero-order valence-corrected chi connectivity index (χ0v) is 23.5. The van der Waals surface area contributed by atoms with Gasteiger partial charge < -0.3 is 14.9 Å². The molecule has 6 aromatic rings. The molecule has 0 atom stereocenters. The number of hydrogen-bond donors (Lipinski definition) is 1. The van der Waals surface area contributed by atoms with Gasteiger partial charge in [0.15, 0.2) is 0 Å². The third-order valence-electron chi connectivity index (χ3n) is 8.29. The largest absolute Gasteiger partial charge is 0.405 e. The summed E-state index contributed by atoms with van der Waals surface area (Å²) in [6.45, 7) is 4.27. The molecule has 0 spiro atoms. The second-order valence-electron chi connectivity index (χ2n) is 10.8. The molecule has 2 heterocycles. The first kappa shape index (κ1) is 25.0. The molecule has 3 heteroatoms. The number of fused-ring (bicyclic) bond motifs is 6. The van der Waals surface area contributed by atoms with Crippen LogP contribution in [0.2, 0.25) is 0 Å². The normalized spacial score (nSPS) is 16.0. The number of para-hydroxylation sites is 2. The molecule has 2 N–H and O–H groups in total. The fourth-order valence-corrected chi connectivity index (χ4v) is 6.29. The van der Waals surface area contributed by atoms with Crippen LogP contribution >= 0.6 is 0 Å². The smallest absolute Gasteiger partial charge is 0.0541 e. The van der Waals surface area contributed by atoms with Crippen LogP contribution in [0, 0.1) is 0 Å². The van der Waals surface area contributed by atoms with Gasteiger partial charge in [-0.15, -0.1) is 0 Å². The third kappa shape index (κ3) is 4.13. The summed E-state index contributed by atoms with van der Waals surface area (Å²) in [5.74, 6) is 0. The predicted molar refractivity (Wildman–Crippen MR) is 178 cm³/mol. The Morgan fingerprint density at radius 1 is 0.732 bits per heavy atom. The summed E-state index contributed by atoms with van der Waals surface area (Å²) in [5.41, 5.74) is 16.7. The molecule has 4 aromatic carbocycles. The third-order valence-corrected chi connectivity index (χ3v) is 8.29. The van der Waals surface area contributed by atoms with Crippen LogP contribution in [0.15, 0.2) is 133 Å². The van der Waals surface area contributed by atoms with Crippen molar-refractivity contribution in [2.75, 3.05) is 0 Å². The minimum absolute atomic E-state index is 1.06. The highest BCUT2D eigenvalue weighted by Gasteiger charge is 2.16. The topological polar surface area (TPSA) is 35.9 Å². The number of aromatic nitrogens is 2. The molecule has 1 aliphatic rings. The van der Waals surface area contributed by atoms with E-state index in [0.717, 1.165) is 18.5 Å². The van der Waals surface area contributed by atoms with E-state index in [1.54, 1.807) is 6.20 Å².